The highest BCUT2D eigenvalue weighted by Gasteiger charge is 2.36. The summed E-state index contributed by atoms with van der Waals surface area (Å²) in [6.45, 7) is 0.183. The van der Waals surface area contributed by atoms with Crippen molar-refractivity contribution < 1.29 is 27.2 Å². The summed E-state index contributed by atoms with van der Waals surface area (Å²) in [6.07, 6.45) is 0.364. The van der Waals surface area contributed by atoms with Crippen molar-refractivity contribution in [3.8, 4) is 22.8 Å². The van der Waals surface area contributed by atoms with E-state index < -0.39 is 21.8 Å². The maximum atomic E-state index is 13.5. The Labute approximate surface area is 197 Å². The van der Waals surface area contributed by atoms with E-state index in [1.165, 1.54) is 12.0 Å². The molecule has 1 atom stereocenters. The standard InChI is InChI=1S/C23H23ClN2O6S/c1-30-20-8-3-15(11-22(20)31-2)13-26(18-9-10-33(28,29)14-18)23(27)19-12-21(32-25-19)16-4-6-17(24)7-5-16/h3-8,11-12,18H,9-10,13-14H2,1-2H3/t18-/m0/s1. The minimum absolute atomic E-state index is 0.0439. The zero-order valence-corrected chi connectivity index (χ0v) is 19.7. The molecule has 1 fully saturated rings. The van der Waals surface area contributed by atoms with E-state index in [1.807, 2.05) is 6.07 Å². The second kappa shape index (κ2) is 9.44. The molecule has 0 bridgehead atoms. The number of nitrogens with zero attached hydrogens (tertiary/aromatic N) is 2. The molecule has 3 aromatic rings. The van der Waals surface area contributed by atoms with Crippen molar-refractivity contribution >= 4 is 27.3 Å². The van der Waals surface area contributed by atoms with E-state index in [1.54, 1.807) is 49.6 Å². The van der Waals surface area contributed by atoms with Gasteiger partial charge in [0.05, 0.1) is 25.7 Å². The Bertz CT molecular complexity index is 1260. The van der Waals surface area contributed by atoms with Crippen LogP contribution in [0.25, 0.3) is 11.3 Å². The third kappa shape index (κ3) is 5.15. The number of amides is 1. The summed E-state index contributed by atoms with van der Waals surface area (Å²) < 4.78 is 40.3. The summed E-state index contributed by atoms with van der Waals surface area (Å²) in [5, 5.41) is 4.53. The smallest absolute Gasteiger partial charge is 0.276 e. The van der Waals surface area contributed by atoms with Crippen LogP contribution in [0.3, 0.4) is 0 Å². The van der Waals surface area contributed by atoms with Crippen LogP contribution >= 0.6 is 11.6 Å². The molecule has 1 aliphatic rings. The largest absolute Gasteiger partial charge is 0.493 e. The average molecular weight is 491 g/mol. The van der Waals surface area contributed by atoms with E-state index in [0.717, 1.165) is 11.1 Å². The van der Waals surface area contributed by atoms with Crippen LogP contribution in [0.4, 0.5) is 0 Å². The van der Waals surface area contributed by atoms with Gasteiger partial charge in [0.25, 0.3) is 5.91 Å². The van der Waals surface area contributed by atoms with Crippen molar-refractivity contribution in [1.82, 2.24) is 10.1 Å². The summed E-state index contributed by atoms with van der Waals surface area (Å²) in [7, 11) is -0.138. The first-order valence-electron chi connectivity index (χ1n) is 10.2. The molecule has 4 rings (SSSR count). The van der Waals surface area contributed by atoms with Crippen molar-refractivity contribution in [2.24, 2.45) is 0 Å². The third-order valence-electron chi connectivity index (χ3n) is 5.57. The molecule has 8 nitrogen and oxygen atoms in total. The fourth-order valence-electron chi connectivity index (χ4n) is 3.84. The summed E-state index contributed by atoms with van der Waals surface area (Å²) in [6, 6.07) is 13.4. The van der Waals surface area contributed by atoms with Crippen molar-refractivity contribution in [3.63, 3.8) is 0 Å². The van der Waals surface area contributed by atoms with E-state index in [-0.39, 0.29) is 23.7 Å². The number of hydrogen-bond donors (Lipinski definition) is 0. The third-order valence-corrected chi connectivity index (χ3v) is 7.57. The van der Waals surface area contributed by atoms with E-state index >= 15 is 0 Å². The van der Waals surface area contributed by atoms with Gasteiger partial charge in [-0.15, -0.1) is 0 Å². The lowest BCUT2D eigenvalue weighted by Crippen LogP contribution is -2.40. The number of ether oxygens (including phenoxy) is 2. The first kappa shape index (κ1) is 23.1. The van der Waals surface area contributed by atoms with Crippen LogP contribution in [0.15, 0.2) is 53.1 Å². The lowest BCUT2D eigenvalue weighted by Gasteiger charge is -2.27. The number of rotatable bonds is 7. The van der Waals surface area contributed by atoms with Crippen LogP contribution in [0.5, 0.6) is 11.5 Å². The van der Waals surface area contributed by atoms with Gasteiger partial charge >= 0.3 is 0 Å². The van der Waals surface area contributed by atoms with Gasteiger partial charge in [-0.2, -0.15) is 0 Å². The van der Waals surface area contributed by atoms with Crippen LogP contribution in [0.1, 0.15) is 22.5 Å². The molecule has 10 heteroatoms. The summed E-state index contributed by atoms with van der Waals surface area (Å²) in [5.41, 5.74) is 1.59. The first-order valence-corrected chi connectivity index (χ1v) is 12.4. The average Bonchev–Trinajstić information content (AvgIpc) is 3.44. The molecule has 2 aromatic carbocycles. The van der Waals surface area contributed by atoms with Crippen molar-refractivity contribution in [1.29, 1.82) is 0 Å². The molecular weight excluding hydrogens is 468 g/mol. The number of benzene rings is 2. The molecular formula is C23H23ClN2O6S. The number of aromatic nitrogens is 1. The monoisotopic (exact) mass is 490 g/mol. The predicted molar refractivity (Wildman–Crippen MR) is 123 cm³/mol. The maximum absolute atomic E-state index is 13.5. The van der Waals surface area contributed by atoms with E-state index in [2.05, 4.69) is 5.16 Å². The SMILES string of the molecule is COc1ccc(CN(C(=O)c2cc(-c3ccc(Cl)cc3)on2)[C@H]2CCS(=O)(=O)C2)cc1OC. The van der Waals surface area contributed by atoms with E-state index in [4.69, 9.17) is 25.6 Å². The van der Waals surface area contributed by atoms with Crippen LogP contribution in [0.2, 0.25) is 5.02 Å². The van der Waals surface area contributed by atoms with Crippen molar-refractivity contribution in [2.45, 2.75) is 19.0 Å². The Hall–Kier alpha value is -3.04. The molecule has 1 aromatic heterocycles. The van der Waals surface area contributed by atoms with Crippen molar-refractivity contribution in [2.75, 3.05) is 25.7 Å². The Morgan fingerprint density at radius 2 is 1.85 bits per heavy atom. The minimum Gasteiger partial charge on any atom is -0.493 e. The molecule has 33 heavy (non-hydrogen) atoms. The number of carbonyl (C=O) groups is 1. The first-order chi connectivity index (χ1) is 15.8. The zero-order valence-electron chi connectivity index (χ0n) is 18.2. The van der Waals surface area contributed by atoms with Gasteiger partial charge in [0, 0.05) is 29.2 Å². The number of carbonyl (C=O) groups excluding carboxylic acids is 1. The fraction of sp³-hybridized carbons (Fsp3) is 0.304. The van der Waals surface area contributed by atoms with E-state index in [9.17, 15) is 13.2 Å². The molecule has 0 saturated carbocycles. The highest BCUT2D eigenvalue weighted by atomic mass is 35.5. The van der Waals surface area contributed by atoms with Crippen LogP contribution in [0, 0.1) is 0 Å². The van der Waals surface area contributed by atoms with Crippen LogP contribution < -0.4 is 9.47 Å². The highest BCUT2D eigenvalue weighted by Crippen LogP contribution is 2.30. The quantitative estimate of drug-likeness (QED) is 0.496. The Balaban J connectivity index is 1.64. The number of hydrogen-bond acceptors (Lipinski definition) is 7. The van der Waals surface area contributed by atoms with E-state index in [0.29, 0.717) is 28.7 Å². The van der Waals surface area contributed by atoms with Gasteiger partial charge < -0.3 is 18.9 Å². The Kier molecular flexibility index (Phi) is 6.62. The topological polar surface area (TPSA) is 98.9 Å². The van der Waals surface area contributed by atoms with Gasteiger partial charge in [-0.25, -0.2) is 8.42 Å². The van der Waals surface area contributed by atoms with Crippen molar-refractivity contribution in [3.05, 3.63) is 64.8 Å². The highest BCUT2D eigenvalue weighted by molar-refractivity contribution is 7.91. The van der Waals surface area contributed by atoms with Gasteiger partial charge in [-0.1, -0.05) is 22.8 Å². The molecule has 0 aliphatic carbocycles. The predicted octanol–water partition coefficient (Wildman–Crippen LogP) is 3.84. The number of halogens is 1. The van der Waals surface area contributed by atoms with Gasteiger partial charge in [0.1, 0.15) is 0 Å². The zero-order chi connectivity index (χ0) is 23.6. The minimum atomic E-state index is -3.21. The van der Waals surface area contributed by atoms with Crippen LogP contribution in [-0.4, -0.2) is 56.1 Å². The molecule has 1 amide bonds. The number of methoxy groups -OCH3 is 2. The number of sulfone groups is 1. The Morgan fingerprint density at radius 3 is 2.48 bits per heavy atom. The molecule has 1 saturated heterocycles. The lowest BCUT2D eigenvalue weighted by molar-refractivity contribution is 0.0670. The van der Waals surface area contributed by atoms with Gasteiger partial charge in [-0.05, 0) is 48.4 Å². The molecule has 0 N–H and O–H groups in total. The molecule has 174 valence electrons. The van der Waals surface area contributed by atoms with Crippen LogP contribution in [-0.2, 0) is 16.4 Å². The van der Waals surface area contributed by atoms with Gasteiger partial charge in [0.2, 0.25) is 0 Å². The molecule has 0 unspecified atom stereocenters. The summed E-state index contributed by atoms with van der Waals surface area (Å²) in [5.74, 6) is 1.05. The Morgan fingerprint density at radius 1 is 1.12 bits per heavy atom. The summed E-state index contributed by atoms with van der Waals surface area (Å²) in [4.78, 5) is 15.0. The fourth-order valence-corrected chi connectivity index (χ4v) is 5.69. The molecule has 1 aliphatic heterocycles. The van der Waals surface area contributed by atoms with Gasteiger partial charge in [-0.3, -0.25) is 4.79 Å². The second-order valence-electron chi connectivity index (χ2n) is 7.76. The molecule has 2 heterocycles. The van der Waals surface area contributed by atoms with Gasteiger partial charge in [0.15, 0.2) is 32.8 Å². The normalized spacial score (nSPS) is 17.0. The molecule has 0 radical (unpaired) electrons. The lowest BCUT2D eigenvalue weighted by atomic mass is 10.1. The molecule has 0 spiro atoms. The maximum Gasteiger partial charge on any atom is 0.276 e. The second-order valence-corrected chi connectivity index (χ2v) is 10.4. The summed E-state index contributed by atoms with van der Waals surface area (Å²) >= 11 is 5.94.